The third-order valence-electron chi connectivity index (χ3n) is 6.25. The van der Waals surface area contributed by atoms with Crippen molar-refractivity contribution < 1.29 is 19.1 Å². The maximum Gasteiger partial charge on any atom is 0.314 e. The van der Waals surface area contributed by atoms with Crippen LogP contribution in [0.15, 0.2) is 54.4 Å². The van der Waals surface area contributed by atoms with Gasteiger partial charge in [0.2, 0.25) is 5.78 Å². The molecule has 1 fully saturated rings. The van der Waals surface area contributed by atoms with Crippen LogP contribution in [-0.4, -0.2) is 16.3 Å². The van der Waals surface area contributed by atoms with E-state index in [0.717, 1.165) is 48.7 Å². The molecule has 3 aromatic rings. The van der Waals surface area contributed by atoms with Gasteiger partial charge in [-0.3, -0.25) is 9.59 Å². The Balaban J connectivity index is 1.39. The number of para-hydroxylation sites is 1. The first-order chi connectivity index (χ1) is 15.1. The summed E-state index contributed by atoms with van der Waals surface area (Å²) in [5.41, 5.74) is 2.55. The van der Waals surface area contributed by atoms with Crippen LogP contribution in [-0.2, 0) is 11.3 Å². The molecular formula is C26H25NO4. The van der Waals surface area contributed by atoms with E-state index in [9.17, 15) is 9.59 Å². The maximum absolute atomic E-state index is 12.9. The number of carbonyl (C=O) groups is 2. The predicted octanol–water partition coefficient (Wildman–Crippen LogP) is 5.76. The number of Topliss-reactive ketones (excluding diaryl/α,β-unsaturated/α-hetero) is 1. The average Bonchev–Trinajstić information content (AvgIpc) is 3.31. The number of hydrogen-bond donors (Lipinski definition) is 0. The van der Waals surface area contributed by atoms with E-state index in [4.69, 9.17) is 9.47 Å². The molecule has 0 atom stereocenters. The Morgan fingerprint density at radius 2 is 1.97 bits per heavy atom. The third-order valence-corrected chi connectivity index (χ3v) is 6.25. The van der Waals surface area contributed by atoms with Crippen LogP contribution in [0.2, 0.25) is 0 Å². The monoisotopic (exact) mass is 415 g/mol. The number of benzene rings is 2. The minimum absolute atomic E-state index is 0.0316. The Bertz CT molecular complexity index is 1200. The number of hydrogen-bond acceptors (Lipinski definition) is 4. The quantitative estimate of drug-likeness (QED) is 0.309. The Labute approximate surface area is 181 Å². The first kappa shape index (κ1) is 19.6. The van der Waals surface area contributed by atoms with Crippen LogP contribution in [0.3, 0.4) is 0 Å². The predicted molar refractivity (Wildman–Crippen MR) is 119 cm³/mol. The van der Waals surface area contributed by atoms with E-state index < -0.39 is 0 Å². The Hall–Kier alpha value is -3.34. The normalized spacial score (nSPS) is 17.7. The number of allylic oxidation sites excluding steroid dienone is 1. The molecule has 1 aliphatic heterocycles. The van der Waals surface area contributed by atoms with E-state index in [2.05, 4.69) is 17.6 Å². The summed E-state index contributed by atoms with van der Waals surface area (Å²) in [5, 5.41) is 1.08. The smallest absolute Gasteiger partial charge is 0.314 e. The lowest BCUT2D eigenvalue weighted by Gasteiger charge is -2.19. The summed E-state index contributed by atoms with van der Waals surface area (Å²) in [4.78, 5) is 25.3. The van der Waals surface area contributed by atoms with Gasteiger partial charge in [-0.1, -0.05) is 37.5 Å². The van der Waals surface area contributed by atoms with Gasteiger partial charge in [-0.25, -0.2) is 0 Å². The molecule has 2 heterocycles. The molecule has 158 valence electrons. The van der Waals surface area contributed by atoms with Crippen molar-refractivity contribution >= 4 is 28.7 Å². The van der Waals surface area contributed by atoms with Crippen molar-refractivity contribution in [3.8, 4) is 11.5 Å². The minimum atomic E-state index is -0.188. The standard InChI is InChI=1S/C26H25NO4/c1-2-27-16-18(20-10-6-7-11-22(20)27)14-24-25(28)21-13-12-19(15-23(21)31-24)30-26(29)17-8-4-3-5-9-17/h6-7,10-17H,2-5,8-9H2,1H3. The van der Waals surface area contributed by atoms with Crippen molar-refractivity contribution in [3.05, 3.63) is 65.5 Å². The molecule has 0 N–H and O–H groups in total. The van der Waals surface area contributed by atoms with E-state index in [1.54, 1.807) is 24.3 Å². The van der Waals surface area contributed by atoms with Gasteiger partial charge in [0.25, 0.3) is 0 Å². The van der Waals surface area contributed by atoms with Crippen molar-refractivity contribution in [2.45, 2.75) is 45.6 Å². The molecule has 2 aliphatic rings. The number of aromatic nitrogens is 1. The summed E-state index contributed by atoms with van der Waals surface area (Å²) in [6.45, 7) is 2.93. The Morgan fingerprint density at radius 3 is 2.77 bits per heavy atom. The number of aryl methyl sites for hydroxylation is 1. The summed E-state index contributed by atoms with van der Waals surface area (Å²) in [7, 11) is 0. The SMILES string of the molecule is CCn1cc(C=C2Oc3cc(OC(=O)C4CCCCC4)ccc3C2=O)c2ccccc21. The summed E-state index contributed by atoms with van der Waals surface area (Å²) in [6, 6.07) is 13.1. The maximum atomic E-state index is 12.9. The highest BCUT2D eigenvalue weighted by atomic mass is 16.5. The van der Waals surface area contributed by atoms with Gasteiger partial charge in [0, 0.05) is 35.3 Å². The highest BCUT2D eigenvalue weighted by Gasteiger charge is 2.29. The van der Waals surface area contributed by atoms with E-state index in [1.165, 1.54) is 6.42 Å². The van der Waals surface area contributed by atoms with Gasteiger partial charge in [0.15, 0.2) is 5.76 Å². The topological polar surface area (TPSA) is 57.5 Å². The van der Waals surface area contributed by atoms with E-state index in [-0.39, 0.29) is 23.4 Å². The molecule has 0 bridgehead atoms. The van der Waals surface area contributed by atoms with E-state index >= 15 is 0 Å². The van der Waals surface area contributed by atoms with Gasteiger partial charge in [-0.15, -0.1) is 0 Å². The van der Waals surface area contributed by atoms with Crippen molar-refractivity contribution in [2.75, 3.05) is 0 Å². The first-order valence-corrected chi connectivity index (χ1v) is 11.0. The summed E-state index contributed by atoms with van der Waals surface area (Å²) < 4.78 is 13.6. The molecule has 5 rings (SSSR count). The lowest BCUT2D eigenvalue weighted by Crippen LogP contribution is -2.22. The molecule has 1 aromatic heterocycles. The number of nitrogens with zero attached hydrogens (tertiary/aromatic N) is 1. The number of rotatable bonds is 4. The van der Waals surface area contributed by atoms with Gasteiger partial charge in [-0.05, 0) is 44.0 Å². The average molecular weight is 415 g/mol. The summed E-state index contributed by atoms with van der Waals surface area (Å²) in [6.07, 6.45) is 8.94. The summed E-state index contributed by atoms with van der Waals surface area (Å²) >= 11 is 0. The highest BCUT2D eigenvalue weighted by Crippen LogP contribution is 2.36. The van der Waals surface area contributed by atoms with Crippen molar-refractivity contribution in [1.82, 2.24) is 4.57 Å². The van der Waals surface area contributed by atoms with Crippen LogP contribution < -0.4 is 9.47 Å². The second kappa shape index (κ2) is 8.06. The van der Waals surface area contributed by atoms with Crippen LogP contribution in [0.5, 0.6) is 11.5 Å². The molecule has 0 spiro atoms. The molecule has 0 unspecified atom stereocenters. The molecule has 1 saturated carbocycles. The van der Waals surface area contributed by atoms with Crippen molar-refractivity contribution in [3.63, 3.8) is 0 Å². The molecular weight excluding hydrogens is 390 g/mol. The molecule has 1 aliphatic carbocycles. The fourth-order valence-electron chi connectivity index (χ4n) is 4.56. The van der Waals surface area contributed by atoms with Gasteiger partial charge < -0.3 is 14.0 Å². The third kappa shape index (κ3) is 3.65. The van der Waals surface area contributed by atoms with Gasteiger partial charge in [0.05, 0.1) is 11.5 Å². The second-order valence-corrected chi connectivity index (χ2v) is 8.24. The van der Waals surface area contributed by atoms with Crippen LogP contribution in [0, 0.1) is 5.92 Å². The van der Waals surface area contributed by atoms with Crippen LogP contribution >= 0.6 is 0 Å². The fraction of sp³-hybridized carbons (Fsp3) is 0.308. The number of esters is 1. The Morgan fingerprint density at radius 1 is 1.16 bits per heavy atom. The zero-order valence-corrected chi connectivity index (χ0v) is 17.6. The molecule has 2 aromatic carbocycles. The van der Waals surface area contributed by atoms with Crippen LogP contribution in [0.4, 0.5) is 0 Å². The van der Waals surface area contributed by atoms with Gasteiger partial charge in [-0.2, -0.15) is 0 Å². The lowest BCUT2D eigenvalue weighted by atomic mass is 9.89. The fourth-order valence-corrected chi connectivity index (χ4v) is 4.56. The molecule has 0 saturated heterocycles. The zero-order chi connectivity index (χ0) is 21.4. The molecule has 31 heavy (non-hydrogen) atoms. The summed E-state index contributed by atoms with van der Waals surface area (Å²) in [5.74, 6) is 0.761. The molecule has 5 nitrogen and oxygen atoms in total. The number of fused-ring (bicyclic) bond motifs is 2. The van der Waals surface area contributed by atoms with Gasteiger partial charge >= 0.3 is 5.97 Å². The van der Waals surface area contributed by atoms with E-state index in [1.807, 2.05) is 24.4 Å². The molecule has 0 amide bonds. The lowest BCUT2D eigenvalue weighted by molar-refractivity contribution is -0.139. The van der Waals surface area contributed by atoms with Crippen LogP contribution in [0.1, 0.15) is 54.9 Å². The number of ketones is 1. The minimum Gasteiger partial charge on any atom is -0.452 e. The largest absolute Gasteiger partial charge is 0.452 e. The second-order valence-electron chi connectivity index (χ2n) is 8.24. The van der Waals surface area contributed by atoms with E-state index in [0.29, 0.717) is 17.1 Å². The van der Waals surface area contributed by atoms with Crippen LogP contribution in [0.25, 0.3) is 17.0 Å². The van der Waals surface area contributed by atoms with Crippen molar-refractivity contribution in [1.29, 1.82) is 0 Å². The van der Waals surface area contributed by atoms with Gasteiger partial charge in [0.1, 0.15) is 11.5 Å². The number of carbonyl (C=O) groups excluding carboxylic acids is 2. The molecule has 5 heteroatoms. The molecule has 0 radical (unpaired) electrons. The number of ether oxygens (including phenoxy) is 2. The van der Waals surface area contributed by atoms with Crippen molar-refractivity contribution in [2.24, 2.45) is 5.92 Å². The first-order valence-electron chi connectivity index (χ1n) is 11.0. The highest BCUT2D eigenvalue weighted by molar-refractivity contribution is 6.15. The zero-order valence-electron chi connectivity index (χ0n) is 17.6. The Kier molecular flexibility index (Phi) is 5.10.